The van der Waals surface area contributed by atoms with Crippen LogP contribution in [0.3, 0.4) is 0 Å². The number of carbonyl (C=O) groups is 1. The molecule has 1 aromatic carbocycles. The number of primary amides is 1. The molecule has 4 nitrogen and oxygen atoms in total. The van der Waals surface area contributed by atoms with Gasteiger partial charge >= 0.3 is 0 Å². The summed E-state index contributed by atoms with van der Waals surface area (Å²) in [5.74, 6) is 3.18. The number of rotatable bonds is 5. The first-order valence-electron chi connectivity index (χ1n) is 8.73. The minimum atomic E-state index is -0.389. The molecule has 128 valence electrons. The van der Waals surface area contributed by atoms with E-state index in [0.29, 0.717) is 17.4 Å². The van der Waals surface area contributed by atoms with Crippen molar-refractivity contribution in [2.45, 2.75) is 31.3 Å². The van der Waals surface area contributed by atoms with E-state index in [-0.39, 0.29) is 11.5 Å². The minimum Gasteiger partial charge on any atom is -0.373 e. The topological polar surface area (TPSA) is 55.6 Å². The molecule has 1 saturated carbocycles. The Bertz CT molecular complexity index is 635. The van der Waals surface area contributed by atoms with Crippen molar-refractivity contribution in [2.75, 3.05) is 26.7 Å². The molecule has 0 radical (unpaired) electrons. The Kier molecular flexibility index (Phi) is 4.93. The minimum absolute atomic E-state index is 0.323. The molecule has 3 atom stereocenters. The first-order chi connectivity index (χ1) is 11.6. The molecule has 1 aliphatic heterocycles. The third-order valence-corrected chi connectivity index (χ3v) is 5.78. The fourth-order valence-corrected chi connectivity index (χ4v) is 4.77. The fraction of sp³-hybridized carbons (Fsp3) is 0.550. The van der Waals surface area contributed by atoms with Gasteiger partial charge in [-0.25, -0.2) is 0 Å². The van der Waals surface area contributed by atoms with E-state index in [1.165, 1.54) is 6.42 Å². The summed E-state index contributed by atoms with van der Waals surface area (Å²) in [5.41, 5.74) is 6.80. The summed E-state index contributed by atoms with van der Waals surface area (Å²) in [5, 5.41) is 0. The zero-order chi connectivity index (χ0) is 17.2. The van der Waals surface area contributed by atoms with Gasteiger partial charge in [0.1, 0.15) is 5.60 Å². The second-order valence-corrected chi connectivity index (χ2v) is 6.98. The van der Waals surface area contributed by atoms with Crippen LogP contribution in [0.5, 0.6) is 0 Å². The van der Waals surface area contributed by atoms with Crippen molar-refractivity contribution in [2.24, 2.45) is 17.6 Å². The number of terminal acetylenes is 1. The van der Waals surface area contributed by atoms with Crippen LogP contribution in [0.2, 0.25) is 0 Å². The van der Waals surface area contributed by atoms with Crippen LogP contribution < -0.4 is 5.73 Å². The lowest BCUT2D eigenvalue weighted by atomic mass is 9.62. The number of piperidine rings is 1. The lowest BCUT2D eigenvalue weighted by Crippen LogP contribution is -2.59. The Hall–Kier alpha value is -1.83. The Morgan fingerprint density at radius 1 is 1.42 bits per heavy atom. The Balaban J connectivity index is 1.96. The maximum Gasteiger partial charge on any atom is 0.248 e. The van der Waals surface area contributed by atoms with E-state index in [9.17, 15) is 4.79 Å². The van der Waals surface area contributed by atoms with Crippen molar-refractivity contribution < 1.29 is 9.53 Å². The molecule has 3 rings (SSSR count). The monoisotopic (exact) mass is 326 g/mol. The molecule has 2 bridgehead atoms. The molecule has 0 spiro atoms. The first-order valence-corrected chi connectivity index (χ1v) is 8.73. The molecule has 2 fully saturated rings. The SMILES string of the molecule is C#CCCN1C[C@H]2CCC[C@@H](C1)[C@]2(OC)c1cccc(C(N)=O)c1. The van der Waals surface area contributed by atoms with Gasteiger partial charge in [0.2, 0.25) is 5.91 Å². The van der Waals surface area contributed by atoms with Crippen LogP contribution >= 0.6 is 0 Å². The number of likely N-dealkylation sites (tertiary alicyclic amines) is 1. The smallest absolute Gasteiger partial charge is 0.248 e. The summed E-state index contributed by atoms with van der Waals surface area (Å²) in [7, 11) is 1.80. The Labute approximate surface area is 144 Å². The van der Waals surface area contributed by atoms with Crippen molar-refractivity contribution in [3.05, 3.63) is 35.4 Å². The van der Waals surface area contributed by atoms with Crippen LogP contribution in [-0.2, 0) is 10.3 Å². The summed E-state index contributed by atoms with van der Waals surface area (Å²) in [6.07, 6.45) is 9.73. The normalized spacial score (nSPS) is 29.8. The standard InChI is InChI=1S/C20H26N2O2/c1-3-4-11-22-13-17-9-6-10-18(14-22)20(17,24-2)16-8-5-7-15(12-16)19(21)23/h1,5,7-8,12,17-18H,4,6,9-11,13-14H2,2H3,(H2,21,23)/t17-,18+,20+. The summed E-state index contributed by atoms with van der Waals surface area (Å²) < 4.78 is 6.20. The number of nitrogens with two attached hydrogens (primary N) is 1. The van der Waals surface area contributed by atoms with E-state index < -0.39 is 0 Å². The predicted octanol–water partition coefficient (Wildman–Crippen LogP) is 2.38. The number of hydrogen-bond donors (Lipinski definition) is 1. The third kappa shape index (κ3) is 2.83. The Morgan fingerprint density at radius 3 is 2.71 bits per heavy atom. The van der Waals surface area contributed by atoms with Crippen LogP contribution in [-0.4, -0.2) is 37.6 Å². The van der Waals surface area contributed by atoms with Crippen molar-refractivity contribution in [1.82, 2.24) is 4.90 Å². The van der Waals surface area contributed by atoms with Crippen molar-refractivity contribution in [3.63, 3.8) is 0 Å². The maximum atomic E-state index is 11.6. The largest absolute Gasteiger partial charge is 0.373 e. The second kappa shape index (κ2) is 6.96. The van der Waals surface area contributed by atoms with Crippen LogP contribution in [0.25, 0.3) is 0 Å². The average molecular weight is 326 g/mol. The highest BCUT2D eigenvalue weighted by atomic mass is 16.5. The fourth-order valence-electron chi connectivity index (χ4n) is 4.77. The number of hydrogen-bond acceptors (Lipinski definition) is 3. The number of fused-ring (bicyclic) bond motifs is 2. The molecule has 1 heterocycles. The van der Waals surface area contributed by atoms with Crippen LogP contribution in [0.4, 0.5) is 0 Å². The molecule has 1 aromatic rings. The van der Waals surface area contributed by atoms with Crippen molar-refractivity contribution in [1.29, 1.82) is 0 Å². The molecule has 0 unspecified atom stereocenters. The number of methoxy groups -OCH3 is 1. The summed E-state index contributed by atoms with van der Waals surface area (Å²) >= 11 is 0. The van der Waals surface area contributed by atoms with Gasteiger partial charge in [0.05, 0.1) is 0 Å². The molecule has 0 aromatic heterocycles. The molecule has 2 aliphatic rings. The molecular formula is C20H26N2O2. The molecule has 1 amide bonds. The molecule has 24 heavy (non-hydrogen) atoms. The van der Waals surface area contributed by atoms with Crippen molar-refractivity contribution >= 4 is 5.91 Å². The van der Waals surface area contributed by atoms with Gasteiger partial charge in [0.25, 0.3) is 0 Å². The second-order valence-electron chi connectivity index (χ2n) is 6.98. The zero-order valence-electron chi connectivity index (χ0n) is 14.3. The van der Waals surface area contributed by atoms with E-state index in [1.807, 2.05) is 12.1 Å². The zero-order valence-corrected chi connectivity index (χ0v) is 14.3. The van der Waals surface area contributed by atoms with Gasteiger partial charge in [-0.2, -0.15) is 0 Å². The van der Waals surface area contributed by atoms with Gasteiger partial charge in [0, 0.05) is 50.6 Å². The molecular weight excluding hydrogens is 300 g/mol. The molecule has 1 aliphatic carbocycles. The number of benzene rings is 1. The molecule has 4 heteroatoms. The van der Waals surface area contributed by atoms with E-state index in [0.717, 1.165) is 44.5 Å². The van der Waals surface area contributed by atoms with Crippen LogP contribution in [0.1, 0.15) is 41.6 Å². The summed E-state index contributed by atoms with van der Waals surface area (Å²) in [6, 6.07) is 7.69. The number of carbonyl (C=O) groups excluding carboxylic acids is 1. The lowest BCUT2D eigenvalue weighted by Gasteiger charge is -2.55. The van der Waals surface area contributed by atoms with Gasteiger partial charge in [-0.1, -0.05) is 18.6 Å². The highest BCUT2D eigenvalue weighted by Gasteiger charge is 2.53. The van der Waals surface area contributed by atoms with Crippen LogP contribution in [0.15, 0.2) is 24.3 Å². The number of ether oxygens (including phenoxy) is 1. The first kappa shape index (κ1) is 17.0. The van der Waals surface area contributed by atoms with E-state index >= 15 is 0 Å². The number of nitrogens with zero attached hydrogens (tertiary/aromatic N) is 1. The number of amides is 1. The van der Waals surface area contributed by atoms with Gasteiger partial charge in [-0.3, -0.25) is 4.79 Å². The average Bonchev–Trinajstić information content (AvgIpc) is 2.59. The van der Waals surface area contributed by atoms with Crippen LogP contribution in [0, 0.1) is 24.2 Å². The molecule has 1 saturated heterocycles. The van der Waals surface area contributed by atoms with Gasteiger partial charge < -0.3 is 15.4 Å². The maximum absolute atomic E-state index is 11.6. The van der Waals surface area contributed by atoms with E-state index in [4.69, 9.17) is 16.9 Å². The Morgan fingerprint density at radius 2 is 2.12 bits per heavy atom. The van der Waals surface area contributed by atoms with Gasteiger partial charge in [0.15, 0.2) is 0 Å². The van der Waals surface area contributed by atoms with Gasteiger partial charge in [-0.05, 0) is 30.5 Å². The quantitative estimate of drug-likeness (QED) is 0.845. The summed E-state index contributed by atoms with van der Waals surface area (Å²) in [4.78, 5) is 14.1. The lowest BCUT2D eigenvalue weighted by molar-refractivity contribution is -0.168. The highest BCUT2D eigenvalue weighted by molar-refractivity contribution is 5.92. The third-order valence-electron chi connectivity index (χ3n) is 5.78. The predicted molar refractivity (Wildman–Crippen MR) is 94.4 cm³/mol. The molecule has 2 N–H and O–H groups in total. The van der Waals surface area contributed by atoms with E-state index in [2.05, 4.69) is 16.9 Å². The highest BCUT2D eigenvalue weighted by Crippen LogP contribution is 2.51. The summed E-state index contributed by atoms with van der Waals surface area (Å²) in [6.45, 7) is 2.93. The van der Waals surface area contributed by atoms with E-state index in [1.54, 1.807) is 13.2 Å². The van der Waals surface area contributed by atoms with Gasteiger partial charge in [-0.15, -0.1) is 12.3 Å². The van der Waals surface area contributed by atoms with Crippen molar-refractivity contribution in [3.8, 4) is 12.3 Å².